The van der Waals surface area contributed by atoms with Crippen LogP contribution in [-0.4, -0.2) is 45.9 Å². The molecule has 0 radical (unpaired) electrons. The molecule has 2 aliphatic heterocycles. The Labute approximate surface area is 149 Å². The van der Waals surface area contributed by atoms with Gasteiger partial charge < -0.3 is 4.90 Å². The monoisotopic (exact) mass is 335 g/mol. The molecule has 0 saturated carbocycles. The van der Waals surface area contributed by atoms with Gasteiger partial charge in [-0.2, -0.15) is 0 Å². The number of hydrogen-bond donors (Lipinski definition) is 0. The predicted molar refractivity (Wildman–Crippen MR) is 98.2 cm³/mol. The highest BCUT2D eigenvalue weighted by Gasteiger charge is 2.39. The molecule has 0 N–H and O–H groups in total. The summed E-state index contributed by atoms with van der Waals surface area (Å²) in [5.74, 6) is 0.141. The highest BCUT2D eigenvalue weighted by atomic mass is 16.2. The lowest BCUT2D eigenvalue weighted by Gasteiger charge is -2.35. The summed E-state index contributed by atoms with van der Waals surface area (Å²) in [6, 6.07) is 15.2. The molecule has 2 atom stereocenters. The van der Waals surface area contributed by atoms with Gasteiger partial charge in [-0.05, 0) is 49.9 Å². The Morgan fingerprint density at radius 2 is 1.80 bits per heavy atom. The van der Waals surface area contributed by atoms with Crippen LogP contribution in [0.15, 0.2) is 54.9 Å². The van der Waals surface area contributed by atoms with Crippen LogP contribution in [0.2, 0.25) is 0 Å². The Balaban J connectivity index is 1.50. The molecular weight excluding hydrogens is 310 g/mol. The van der Waals surface area contributed by atoms with Crippen molar-refractivity contribution in [3.8, 4) is 0 Å². The summed E-state index contributed by atoms with van der Waals surface area (Å²) in [5.41, 5.74) is 2.07. The zero-order valence-corrected chi connectivity index (χ0v) is 14.6. The van der Waals surface area contributed by atoms with Crippen molar-refractivity contribution in [2.75, 3.05) is 13.1 Å². The van der Waals surface area contributed by atoms with E-state index in [4.69, 9.17) is 0 Å². The van der Waals surface area contributed by atoms with Crippen molar-refractivity contribution in [2.24, 2.45) is 0 Å². The molecule has 4 heteroatoms. The largest absolute Gasteiger partial charge is 0.334 e. The van der Waals surface area contributed by atoms with Crippen LogP contribution in [0.3, 0.4) is 0 Å². The standard InChI is InChI=1S/C21H25N3O/c25-21(18-9-4-12-22-15-18)24-14-6-11-20(24)19-10-5-13-23(19)16-17-7-2-1-3-8-17/h1-4,7-9,12,15,19-20H,5-6,10-11,13-14,16H2/t19-,20-/m0/s1. The van der Waals surface area contributed by atoms with E-state index in [0.29, 0.717) is 17.6 Å². The minimum atomic E-state index is 0.141. The maximum atomic E-state index is 12.9. The minimum absolute atomic E-state index is 0.141. The second-order valence-corrected chi connectivity index (χ2v) is 7.12. The van der Waals surface area contributed by atoms with Crippen molar-refractivity contribution in [2.45, 2.75) is 44.3 Å². The number of amides is 1. The van der Waals surface area contributed by atoms with Crippen molar-refractivity contribution in [1.29, 1.82) is 0 Å². The van der Waals surface area contributed by atoms with Crippen LogP contribution in [0.5, 0.6) is 0 Å². The SMILES string of the molecule is O=C(c1cccnc1)N1CCC[C@H]1[C@@H]1CCCN1Cc1ccccc1. The third-order valence-electron chi connectivity index (χ3n) is 5.56. The molecule has 0 spiro atoms. The van der Waals surface area contributed by atoms with E-state index in [9.17, 15) is 4.79 Å². The molecule has 130 valence electrons. The number of pyridine rings is 1. The van der Waals surface area contributed by atoms with Crippen LogP contribution in [0, 0.1) is 0 Å². The number of aromatic nitrogens is 1. The van der Waals surface area contributed by atoms with Gasteiger partial charge in [0.1, 0.15) is 0 Å². The van der Waals surface area contributed by atoms with Gasteiger partial charge in [0.2, 0.25) is 0 Å². The first-order valence-electron chi connectivity index (χ1n) is 9.32. The summed E-state index contributed by atoms with van der Waals surface area (Å²) in [5, 5.41) is 0. The number of carbonyl (C=O) groups excluding carboxylic acids is 1. The molecule has 0 unspecified atom stereocenters. The van der Waals surface area contributed by atoms with Gasteiger partial charge in [0, 0.05) is 37.6 Å². The Morgan fingerprint density at radius 1 is 1.00 bits per heavy atom. The number of carbonyl (C=O) groups is 1. The van der Waals surface area contributed by atoms with Crippen molar-refractivity contribution in [3.63, 3.8) is 0 Å². The van der Waals surface area contributed by atoms with Crippen molar-refractivity contribution >= 4 is 5.91 Å². The van der Waals surface area contributed by atoms with E-state index in [1.807, 2.05) is 12.1 Å². The summed E-state index contributed by atoms with van der Waals surface area (Å²) in [7, 11) is 0. The molecule has 1 amide bonds. The molecule has 3 heterocycles. The summed E-state index contributed by atoms with van der Waals surface area (Å²) < 4.78 is 0. The van der Waals surface area contributed by atoms with E-state index < -0.39 is 0 Å². The van der Waals surface area contributed by atoms with Crippen LogP contribution in [-0.2, 0) is 6.54 Å². The molecule has 2 aromatic rings. The van der Waals surface area contributed by atoms with Gasteiger partial charge in [0.25, 0.3) is 5.91 Å². The molecule has 2 aliphatic rings. The summed E-state index contributed by atoms with van der Waals surface area (Å²) in [4.78, 5) is 21.7. The fraction of sp³-hybridized carbons (Fsp3) is 0.429. The Kier molecular flexibility index (Phi) is 4.79. The zero-order valence-electron chi connectivity index (χ0n) is 14.6. The minimum Gasteiger partial charge on any atom is -0.334 e. The second-order valence-electron chi connectivity index (χ2n) is 7.12. The number of nitrogens with zero attached hydrogens (tertiary/aromatic N) is 3. The van der Waals surface area contributed by atoms with E-state index in [1.165, 1.54) is 18.4 Å². The Hall–Kier alpha value is -2.20. The van der Waals surface area contributed by atoms with E-state index in [2.05, 4.69) is 45.1 Å². The van der Waals surface area contributed by atoms with E-state index >= 15 is 0 Å². The van der Waals surface area contributed by atoms with Gasteiger partial charge in [0.05, 0.1) is 5.56 Å². The summed E-state index contributed by atoms with van der Waals surface area (Å²) in [6.45, 7) is 2.98. The van der Waals surface area contributed by atoms with Gasteiger partial charge in [-0.15, -0.1) is 0 Å². The van der Waals surface area contributed by atoms with Crippen LogP contribution in [0.25, 0.3) is 0 Å². The van der Waals surface area contributed by atoms with Crippen LogP contribution in [0.4, 0.5) is 0 Å². The maximum Gasteiger partial charge on any atom is 0.255 e. The first kappa shape index (κ1) is 16.3. The molecule has 1 aromatic carbocycles. The van der Waals surface area contributed by atoms with Crippen molar-refractivity contribution < 1.29 is 4.79 Å². The van der Waals surface area contributed by atoms with Crippen LogP contribution in [0.1, 0.15) is 41.6 Å². The Morgan fingerprint density at radius 3 is 2.60 bits per heavy atom. The third-order valence-corrected chi connectivity index (χ3v) is 5.56. The van der Waals surface area contributed by atoms with Crippen LogP contribution >= 0.6 is 0 Å². The van der Waals surface area contributed by atoms with E-state index in [1.54, 1.807) is 12.4 Å². The lowest BCUT2D eigenvalue weighted by Crippen LogP contribution is -2.48. The van der Waals surface area contributed by atoms with Gasteiger partial charge in [-0.1, -0.05) is 30.3 Å². The normalized spacial score (nSPS) is 23.9. The molecular formula is C21H25N3O. The van der Waals surface area contributed by atoms with Gasteiger partial charge in [-0.3, -0.25) is 14.7 Å². The fourth-order valence-electron chi connectivity index (χ4n) is 4.40. The maximum absolute atomic E-state index is 12.9. The van der Waals surface area contributed by atoms with Crippen molar-refractivity contribution in [1.82, 2.24) is 14.8 Å². The molecule has 4 rings (SSSR count). The van der Waals surface area contributed by atoms with Gasteiger partial charge in [0.15, 0.2) is 0 Å². The molecule has 4 nitrogen and oxygen atoms in total. The fourth-order valence-corrected chi connectivity index (χ4v) is 4.40. The lowest BCUT2D eigenvalue weighted by atomic mass is 10.0. The molecule has 0 aliphatic carbocycles. The quantitative estimate of drug-likeness (QED) is 0.860. The topological polar surface area (TPSA) is 36.4 Å². The van der Waals surface area contributed by atoms with Crippen molar-refractivity contribution in [3.05, 3.63) is 66.0 Å². The van der Waals surface area contributed by atoms with E-state index in [0.717, 1.165) is 32.5 Å². The first-order valence-corrected chi connectivity index (χ1v) is 9.32. The average molecular weight is 335 g/mol. The summed E-state index contributed by atoms with van der Waals surface area (Å²) in [6.07, 6.45) is 8.04. The van der Waals surface area contributed by atoms with Gasteiger partial charge >= 0.3 is 0 Å². The highest BCUT2D eigenvalue weighted by Crippen LogP contribution is 2.31. The lowest BCUT2D eigenvalue weighted by molar-refractivity contribution is 0.0639. The molecule has 2 fully saturated rings. The summed E-state index contributed by atoms with van der Waals surface area (Å²) >= 11 is 0. The zero-order chi connectivity index (χ0) is 17.1. The molecule has 25 heavy (non-hydrogen) atoms. The number of benzene rings is 1. The van der Waals surface area contributed by atoms with Gasteiger partial charge in [-0.25, -0.2) is 0 Å². The molecule has 1 aromatic heterocycles. The number of likely N-dealkylation sites (tertiary alicyclic amines) is 2. The average Bonchev–Trinajstić information content (AvgIpc) is 3.31. The molecule has 0 bridgehead atoms. The van der Waals surface area contributed by atoms with E-state index in [-0.39, 0.29) is 5.91 Å². The number of rotatable bonds is 4. The second kappa shape index (κ2) is 7.36. The Bertz CT molecular complexity index is 704. The first-order chi connectivity index (χ1) is 12.3. The predicted octanol–water partition coefficient (Wildman–Crippen LogP) is 3.35. The highest BCUT2D eigenvalue weighted by molar-refractivity contribution is 5.94. The van der Waals surface area contributed by atoms with Crippen LogP contribution < -0.4 is 0 Å². The third kappa shape index (κ3) is 3.45. The number of hydrogen-bond acceptors (Lipinski definition) is 3. The smallest absolute Gasteiger partial charge is 0.255 e. The molecule has 2 saturated heterocycles.